The van der Waals surface area contributed by atoms with Crippen LogP contribution in [0.5, 0.6) is 0 Å². The fourth-order valence-electron chi connectivity index (χ4n) is 2.46. The molecule has 3 aromatic rings. The van der Waals surface area contributed by atoms with Crippen LogP contribution in [0.2, 0.25) is 0 Å². The summed E-state index contributed by atoms with van der Waals surface area (Å²) < 4.78 is 1.66. The van der Waals surface area contributed by atoms with Gasteiger partial charge in [0, 0.05) is 18.7 Å². The van der Waals surface area contributed by atoms with Crippen molar-refractivity contribution in [1.82, 2.24) is 20.1 Å². The lowest BCUT2D eigenvalue weighted by atomic mass is 10.1. The van der Waals surface area contributed by atoms with Crippen molar-refractivity contribution in [2.45, 2.75) is 23.0 Å². The highest BCUT2D eigenvalue weighted by Gasteiger charge is 2.21. The third-order valence-electron chi connectivity index (χ3n) is 3.94. The number of rotatable bonds is 6. The smallest absolute Gasteiger partial charge is 0.284 e. The highest BCUT2D eigenvalue weighted by molar-refractivity contribution is 7.99. The quantitative estimate of drug-likeness (QED) is 0.517. The minimum absolute atomic E-state index is 0.150. The molecule has 27 heavy (non-hydrogen) atoms. The first-order valence-electron chi connectivity index (χ1n) is 8.12. The van der Waals surface area contributed by atoms with Crippen molar-refractivity contribution in [3.8, 4) is 0 Å². The molecular weight excluding hydrogens is 366 g/mol. The van der Waals surface area contributed by atoms with Crippen LogP contribution in [0.4, 0.5) is 5.69 Å². The molecule has 2 aromatic carbocycles. The average molecular weight is 383 g/mol. The summed E-state index contributed by atoms with van der Waals surface area (Å²) in [6, 6.07) is 13.7. The van der Waals surface area contributed by atoms with Crippen molar-refractivity contribution in [2.24, 2.45) is 7.05 Å². The molecule has 0 aliphatic carbocycles. The number of hydrogen-bond donors (Lipinski definition) is 1. The number of benzene rings is 2. The number of hydrogen-bond acceptors (Lipinski definition) is 6. The Kier molecular flexibility index (Phi) is 5.51. The summed E-state index contributed by atoms with van der Waals surface area (Å²) >= 11 is 1.12. The molecule has 1 aromatic heterocycles. The van der Waals surface area contributed by atoms with Crippen molar-refractivity contribution in [3.05, 3.63) is 76.1 Å². The minimum atomic E-state index is -0.504. The predicted octanol–water partition coefficient (Wildman–Crippen LogP) is 3.37. The zero-order valence-electron chi connectivity index (χ0n) is 14.7. The average Bonchev–Trinajstić information content (AvgIpc) is 3.07. The molecule has 1 amide bonds. The van der Waals surface area contributed by atoms with Gasteiger partial charge in [0.15, 0.2) is 5.16 Å². The fourth-order valence-corrected chi connectivity index (χ4v) is 3.31. The van der Waals surface area contributed by atoms with E-state index in [-0.39, 0.29) is 23.2 Å². The molecular formula is C18H17N5O3S. The number of aromatic nitrogens is 3. The maximum absolute atomic E-state index is 12.5. The molecule has 0 radical (unpaired) electrons. The predicted molar refractivity (Wildman–Crippen MR) is 101 cm³/mol. The summed E-state index contributed by atoms with van der Waals surface area (Å²) in [6.07, 6.45) is 1.51. The van der Waals surface area contributed by atoms with Crippen LogP contribution in [-0.4, -0.2) is 25.6 Å². The normalized spacial score (nSPS) is 11.8. The van der Waals surface area contributed by atoms with Crippen molar-refractivity contribution in [1.29, 1.82) is 0 Å². The van der Waals surface area contributed by atoms with E-state index < -0.39 is 4.92 Å². The summed E-state index contributed by atoms with van der Waals surface area (Å²) in [5.74, 6) is -0.371. The molecule has 8 nitrogen and oxygen atoms in total. The van der Waals surface area contributed by atoms with Gasteiger partial charge in [0.1, 0.15) is 6.33 Å². The molecule has 1 atom stereocenters. The molecule has 0 aliphatic rings. The highest BCUT2D eigenvalue weighted by atomic mass is 32.2. The van der Waals surface area contributed by atoms with Crippen LogP contribution < -0.4 is 5.32 Å². The Morgan fingerprint density at radius 3 is 2.63 bits per heavy atom. The number of nitro benzene ring substituents is 1. The molecule has 9 heteroatoms. The summed E-state index contributed by atoms with van der Waals surface area (Å²) in [5.41, 5.74) is 1.03. The first kappa shape index (κ1) is 18.6. The van der Waals surface area contributed by atoms with E-state index in [2.05, 4.69) is 15.5 Å². The number of nitrogens with one attached hydrogen (secondary N) is 1. The topological polar surface area (TPSA) is 103 Å². The lowest BCUT2D eigenvalue weighted by Gasteiger charge is -2.14. The van der Waals surface area contributed by atoms with Crippen LogP contribution in [0.15, 0.2) is 64.9 Å². The monoisotopic (exact) mass is 383 g/mol. The maximum Gasteiger partial charge on any atom is 0.284 e. The van der Waals surface area contributed by atoms with Crippen LogP contribution in [-0.2, 0) is 7.05 Å². The van der Waals surface area contributed by atoms with Gasteiger partial charge in [-0.2, -0.15) is 0 Å². The van der Waals surface area contributed by atoms with Gasteiger partial charge in [-0.15, -0.1) is 10.2 Å². The summed E-state index contributed by atoms with van der Waals surface area (Å²) in [6.45, 7) is 1.86. The molecule has 0 aliphatic heterocycles. The van der Waals surface area contributed by atoms with E-state index in [9.17, 15) is 14.9 Å². The summed E-state index contributed by atoms with van der Waals surface area (Å²) in [5, 5.41) is 22.5. The van der Waals surface area contributed by atoms with Crippen LogP contribution in [0.1, 0.15) is 28.9 Å². The molecule has 0 saturated heterocycles. The first-order valence-corrected chi connectivity index (χ1v) is 8.93. The zero-order valence-corrected chi connectivity index (χ0v) is 15.5. The Balaban J connectivity index is 1.82. The second-order valence-electron chi connectivity index (χ2n) is 5.87. The third-order valence-corrected chi connectivity index (χ3v) is 5.05. The highest BCUT2D eigenvalue weighted by Crippen LogP contribution is 2.34. The standard InChI is InChI=1S/C18H17N5O3S/c1-12(13-6-4-3-5-7-13)20-17(24)14-8-9-16(15(10-14)23(25)26)27-18-21-19-11-22(18)2/h3-12H,1-2H3,(H,20,24). The SMILES string of the molecule is CC(NC(=O)c1ccc(Sc2nncn2C)c([N+](=O)[O-])c1)c1ccccc1. The fraction of sp³-hybridized carbons (Fsp3) is 0.167. The van der Waals surface area contributed by atoms with E-state index >= 15 is 0 Å². The molecule has 0 saturated carbocycles. The number of amides is 1. The van der Waals surface area contributed by atoms with Gasteiger partial charge in [0.05, 0.1) is 15.9 Å². The molecule has 1 N–H and O–H groups in total. The number of nitrogens with zero attached hydrogens (tertiary/aromatic N) is 4. The minimum Gasteiger partial charge on any atom is -0.346 e. The molecule has 0 spiro atoms. The molecule has 0 fully saturated rings. The van der Waals surface area contributed by atoms with Crippen LogP contribution in [0.3, 0.4) is 0 Å². The summed E-state index contributed by atoms with van der Waals surface area (Å²) in [7, 11) is 1.75. The summed E-state index contributed by atoms with van der Waals surface area (Å²) in [4.78, 5) is 23.9. The third kappa shape index (κ3) is 4.32. The lowest BCUT2D eigenvalue weighted by Crippen LogP contribution is -2.26. The Morgan fingerprint density at radius 2 is 2.00 bits per heavy atom. The first-order chi connectivity index (χ1) is 13.0. The van der Waals surface area contributed by atoms with Crippen molar-refractivity contribution >= 4 is 23.4 Å². The number of carbonyl (C=O) groups is 1. The van der Waals surface area contributed by atoms with Gasteiger partial charge in [-0.3, -0.25) is 14.9 Å². The maximum atomic E-state index is 12.5. The van der Waals surface area contributed by atoms with E-state index in [4.69, 9.17) is 0 Å². The van der Waals surface area contributed by atoms with Gasteiger partial charge in [0.25, 0.3) is 11.6 Å². The van der Waals surface area contributed by atoms with Gasteiger partial charge in [-0.05, 0) is 36.4 Å². The van der Waals surface area contributed by atoms with E-state index in [0.29, 0.717) is 10.1 Å². The van der Waals surface area contributed by atoms with Gasteiger partial charge in [0.2, 0.25) is 0 Å². The zero-order chi connectivity index (χ0) is 19.4. The molecule has 1 unspecified atom stereocenters. The van der Waals surface area contributed by atoms with Crippen LogP contribution in [0.25, 0.3) is 0 Å². The lowest BCUT2D eigenvalue weighted by molar-refractivity contribution is -0.387. The van der Waals surface area contributed by atoms with Gasteiger partial charge >= 0.3 is 0 Å². The van der Waals surface area contributed by atoms with Crippen molar-refractivity contribution in [2.75, 3.05) is 0 Å². The van der Waals surface area contributed by atoms with Crippen molar-refractivity contribution < 1.29 is 9.72 Å². The van der Waals surface area contributed by atoms with Crippen LogP contribution in [0, 0.1) is 10.1 Å². The van der Waals surface area contributed by atoms with Gasteiger partial charge in [-0.25, -0.2) is 0 Å². The van der Waals surface area contributed by atoms with Crippen LogP contribution >= 0.6 is 11.8 Å². The van der Waals surface area contributed by atoms with E-state index in [1.165, 1.54) is 12.4 Å². The molecule has 0 bridgehead atoms. The Hall–Kier alpha value is -3.20. The van der Waals surface area contributed by atoms with Gasteiger partial charge in [-0.1, -0.05) is 30.3 Å². The largest absolute Gasteiger partial charge is 0.346 e. The molecule has 138 valence electrons. The van der Waals surface area contributed by atoms with Gasteiger partial charge < -0.3 is 9.88 Å². The van der Waals surface area contributed by atoms with E-state index in [0.717, 1.165) is 17.3 Å². The second kappa shape index (κ2) is 8.00. The number of nitro groups is 1. The van der Waals surface area contributed by atoms with E-state index in [1.54, 1.807) is 23.7 Å². The van der Waals surface area contributed by atoms with E-state index in [1.807, 2.05) is 37.3 Å². The molecule has 1 heterocycles. The second-order valence-corrected chi connectivity index (χ2v) is 6.88. The number of aryl methyl sites for hydroxylation is 1. The Bertz CT molecular complexity index is 974. The Morgan fingerprint density at radius 1 is 1.26 bits per heavy atom. The molecule has 3 rings (SSSR count). The van der Waals surface area contributed by atoms with Crippen molar-refractivity contribution in [3.63, 3.8) is 0 Å². The number of carbonyl (C=O) groups excluding carboxylic acids is 1. The Labute approximate surface area is 159 Å².